The zero-order valence-corrected chi connectivity index (χ0v) is 18.5. The zero-order valence-electron chi connectivity index (χ0n) is 17.7. The Morgan fingerprint density at radius 2 is 0.828 bits per heavy atom. The van der Waals surface area contributed by atoms with Crippen LogP contribution in [0.15, 0.2) is 36.4 Å². The summed E-state index contributed by atoms with van der Waals surface area (Å²) in [4.78, 5) is 27.7. The molecule has 146 valence electrons. The fourth-order valence-electron chi connectivity index (χ4n) is 4.65. The molecule has 1 aliphatic rings. The van der Waals surface area contributed by atoms with Crippen molar-refractivity contribution in [2.75, 3.05) is 0 Å². The second-order valence-corrected chi connectivity index (χ2v) is 9.14. The molecule has 1 heterocycles. The molecule has 0 fully saturated rings. The molecule has 0 spiro atoms. The van der Waals surface area contributed by atoms with E-state index in [-0.39, 0.29) is 11.6 Å². The molecule has 0 radical (unpaired) electrons. The lowest BCUT2D eigenvalue weighted by atomic mass is 9.87. The molecule has 3 heteroatoms. The average Bonchev–Trinajstić information content (AvgIpc) is 2.97. The molecular formula is C26H24O2S. The van der Waals surface area contributed by atoms with Gasteiger partial charge in [-0.3, -0.25) is 9.59 Å². The second-order valence-electron chi connectivity index (χ2n) is 8.12. The van der Waals surface area contributed by atoms with Crippen LogP contribution in [0.2, 0.25) is 0 Å². The Morgan fingerprint density at radius 3 is 1.14 bits per heavy atom. The van der Waals surface area contributed by atoms with Crippen molar-refractivity contribution in [3.8, 4) is 20.9 Å². The zero-order chi connectivity index (χ0) is 21.0. The lowest BCUT2D eigenvalue weighted by Crippen LogP contribution is -2.11. The molecule has 0 bridgehead atoms. The third-order valence-electron chi connectivity index (χ3n) is 5.60. The van der Waals surface area contributed by atoms with Crippen LogP contribution in [0.1, 0.15) is 54.1 Å². The fourth-order valence-corrected chi connectivity index (χ4v) is 6.31. The van der Waals surface area contributed by atoms with Gasteiger partial charge in [-0.2, -0.15) is 0 Å². The number of ketones is 2. The summed E-state index contributed by atoms with van der Waals surface area (Å²) in [5.74, 6) is -0.169. The molecule has 0 unspecified atom stereocenters. The Balaban J connectivity index is 2.12. The molecule has 2 aromatic carbocycles. The summed E-state index contributed by atoms with van der Waals surface area (Å²) in [6.45, 7) is 12.5. The van der Waals surface area contributed by atoms with Crippen molar-refractivity contribution < 1.29 is 9.59 Å². The van der Waals surface area contributed by atoms with Crippen molar-refractivity contribution in [1.29, 1.82) is 0 Å². The summed E-state index contributed by atoms with van der Waals surface area (Å²) >= 11 is 1.58. The Kier molecular flexibility index (Phi) is 4.66. The van der Waals surface area contributed by atoms with E-state index in [2.05, 4.69) is 65.8 Å². The summed E-state index contributed by atoms with van der Waals surface area (Å²) in [7, 11) is 0. The summed E-state index contributed by atoms with van der Waals surface area (Å²) < 4.78 is 0. The van der Waals surface area contributed by atoms with Crippen molar-refractivity contribution in [2.24, 2.45) is 0 Å². The van der Waals surface area contributed by atoms with Crippen LogP contribution in [0, 0.1) is 41.5 Å². The van der Waals surface area contributed by atoms with Crippen molar-refractivity contribution >= 4 is 22.9 Å². The summed E-state index contributed by atoms with van der Waals surface area (Å²) in [6, 6.07) is 8.56. The van der Waals surface area contributed by atoms with Crippen LogP contribution in [0.3, 0.4) is 0 Å². The molecule has 0 atom stereocenters. The highest BCUT2D eigenvalue weighted by atomic mass is 32.1. The highest BCUT2D eigenvalue weighted by Crippen LogP contribution is 2.47. The van der Waals surface area contributed by atoms with Crippen molar-refractivity contribution in [3.05, 3.63) is 80.9 Å². The van der Waals surface area contributed by atoms with Crippen LogP contribution in [-0.4, -0.2) is 11.6 Å². The monoisotopic (exact) mass is 400 g/mol. The predicted octanol–water partition coefficient (Wildman–Crippen LogP) is 6.87. The molecule has 29 heavy (non-hydrogen) atoms. The largest absolute Gasteiger partial charge is 0.289 e. The highest BCUT2D eigenvalue weighted by Gasteiger charge is 2.32. The Labute approximate surface area is 175 Å². The SMILES string of the molecule is Cc1cc(C)c(-c2sc(-c3c(C)cc(C)cc3C)c3c2C(=O)C=CC3=O)c(C)c1. The molecular weight excluding hydrogens is 376 g/mol. The van der Waals surface area contributed by atoms with Gasteiger partial charge in [-0.1, -0.05) is 35.4 Å². The van der Waals surface area contributed by atoms with Crippen molar-refractivity contribution in [1.82, 2.24) is 0 Å². The van der Waals surface area contributed by atoms with Crippen molar-refractivity contribution in [2.45, 2.75) is 41.5 Å². The fraction of sp³-hybridized carbons (Fsp3) is 0.231. The van der Waals surface area contributed by atoms with E-state index >= 15 is 0 Å². The minimum absolute atomic E-state index is 0.0844. The molecule has 0 N–H and O–H groups in total. The van der Waals surface area contributed by atoms with E-state index in [0.29, 0.717) is 11.1 Å². The number of allylic oxidation sites excluding steroid dienone is 2. The lowest BCUT2D eigenvalue weighted by molar-refractivity contribution is 0.0996. The topological polar surface area (TPSA) is 34.1 Å². The van der Waals surface area contributed by atoms with E-state index in [1.165, 1.54) is 23.3 Å². The van der Waals surface area contributed by atoms with Crippen LogP contribution in [-0.2, 0) is 0 Å². The Morgan fingerprint density at radius 1 is 0.517 bits per heavy atom. The van der Waals surface area contributed by atoms with Crippen molar-refractivity contribution in [3.63, 3.8) is 0 Å². The molecule has 0 aliphatic heterocycles. The van der Waals surface area contributed by atoms with E-state index in [1.54, 1.807) is 11.3 Å². The number of carbonyl (C=O) groups excluding carboxylic acids is 2. The Hall–Kier alpha value is -2.78. The van der Waals surface area contributed by atoms with Gasteiger partial charge < -0.3 is 0 Å². The molecule has 4 rings (SSSR count). The number of benzene rings is 2. The van der Waals surface area contributed by atoms with Crippen LogP contribution in [0.25, 0.3) is 20.9 Å². The van der Waals surface area contributed by atoms with Crippen LogP contribution >= 0.6 is 11.3 Å². The van der Waals surface area contributed by atoms with Gasteiger partial charge in [-0.15, -0.1) is 11.3 Å². The highest BCUT2D eigenvalue weighted by molar-refractivity contribution is 7.20. The standard InChI is InChI=1S/C26H24O2S/c1-13-9-15(3)21(16(4)10-13)25-23-19(27)7-8-20(28)24(23)26(29-25)22-17(5)11-14(2)12-18(22)6/h7-12H,1-6H3. The van der Waals surface area contributed by atoms with Gasteiger partial charge in [-0.05, 0) is 87.1 Å². The summed E-state index contributed by atoms with van der Waals surface area (Å²) in [5, 5.41) is 0. The van der Waals surface area contributed by atoms with Gasteiger partial charge in [0.2, 0.25) is 0 Å². The first kappa shape index (κ1) is 19.5. The van der Waals surface area contributed by atoms with Gasteiger partial charge in [-0.25, -0.2) is 0 Å². The molecule has 0 amide bonds. The van der Waals surface area contributed by atoms with E-state index in [1.807, 2.05) is 0 Å². The first-order valence-electron chi connectivity index (χ1n) is 9.79. The third kappa shape index (κ3) is 3.10. The van der Waals surface area contributed by atoms with E-state index in [0.717, 1.165) is 43.1 Å². The van der Waals surface area contributed by atoms with Gasteiger partial charge in [0.05, 0.1) is 11.1 Å². The quantitative estimate of drug-likeness (QED) is 0.470. The number of aryl methyl sites for hydroxylation is 6. The van der Waals surface area contributed by atoms with Gasteiger partial charge in [0, 0.05) is 9.75 Å². The maximum absolute atomic E-state index is 13.0. The number of hydrogen-bond acceptors (Lipinski definition) is 3. The third-order valence-corrected chi connectivity index (χ3v) is 6.82. The molecule has 3 aromatic rings. The van der Waals surface area contributed by atoms with Gasteiger partial charge in [0.1, 0.15) is 0 Å². The maximum atomic E-state index is 13.0. The number of carbonyl (C=O) groups is 2. The van der Waals surface area contributed by atoms with Gasteiger partial charge in [0.15, 0.2) is 11.6 Å². The number of thiophene rings is 1. The number of fused-ring (bicyclic) bond motifs is 1. The minimum atomic E-state index is -0.0844. The van der Waals surface area contributed by atoms with Crippen LogP contribution < -0.4 is 0 Å². The lowest BCUT2D eigenvalue weighted by Gasteiger charge is -2.13. The van der Waals surface area contributed by atoms with Gasteiger partial charge >= 0.3 is 0 Å². The first-order chi connectivity index (χ1) is 13.7. The van der Waals surface area contributed by atoms with E-state index in [9.17, 15) is 9.59 Å². The van der Waals surface area contributed by atoms with Gasteiger partial charge in [0.25, 0.3) is 0 Å². The van der Waals surface area contributed by atoms with Crippen LogP contribution in [0.4, 0.5) is 0 Å². The number of rotatable bonds is 2. The maximum Gasteiger partial charge on any atom is 0.188 e. The molecule has 0 saturated heterocycles. The normalized spacial score (nSPS) is 13.2. The molecule has 1 aromatic heterocycles. The summed E-state index contributed by atoms with van der Waals surface area (Å²) in [5.41, 5.74) is 10.2. The average molecular weight is 401 g/mol. The number of hydrogen-bond donors (Lipinski definition) is 0. The van der Waals surface area contributed by atoms with E-state index < -0.39 is 0 Å². The minimum Gasteiger partial charge on any atom is -0.289 e. The predicted molar refractivity (Wildman–Crippen MR) is 121 cm³/mol. The Bertz CT molecular complexity index is 1100. The first-order valence-corrected chi connectivity index (χ1v) is 10.6. The smallest absolute Gasteiger partial charge is 0.188 e. The second kappa shape index (κ2) is 6.93. The van der Waals surface area contributed by atoms with Crippen LogP contribution in [0.5, 0.6) is 0 Å². The van der Waals surface area contributed by atoms with E-state index in [4.69, 9.17) is 0 Å². The molecule has 0 saturated carbocycles. The molecule has 1 aliphatic carbocycles. The molecule has 2 nitrogen and oxygen atoms in total. The summed E-state index contributed by atoms with van der Waals surface area (Å²) in [6.07, 6.45) is 2.83.